The van der Waals surface area contributed by atoms with E-state index in [0.29, 0.717) is 0 Å². The number of rotatable bonds is 4. The fourth-order valence-electron chi connectivity index (χ4n) is 0.584. The zero-order valence-electron chi connectivity index (χ0n) is 10.6. The van der Waals surface area contributed by atoms with Gasteiger partial charge in [0.15, 0.2) is 5.60 Å². The van der Waals surface area contributed by atoms with Crippen LogP contribution >= 0.6 is 0 Å². The van der Waals surface area contributed by atoms with Crippen LogP contribution in [0.25, 0.3) is 0 Å². The van der Waals surface area contributed by atoms with Gasteiger partial charge in [0.1, 0.15) is 16.1 Å². The van der Waals surface area contributed by atoms with E-state index < -0.39 is 27.9 Å². The molecule has 3 nitrogen and oxygen atoms in total. The van der Waals surface area contributed by atoms with Crippen molar-refractivity contribution in [2.45, 2.75) is 51.1 Å². The van der Waals surface area contributed by atoms with Crippen LogP contribution < -0.4 is 0 Å². The normalized spacial score (nSPS) is 16.5. The Kier molecular flexibility index (Phi) is 5.49. The molecule has 0 saturated carbocycles. The summed E-state index contributed by atoms with van der Waals surface area (Å²) in [5, 5.41) is 0. The molecule has 1 atom stereocenters. The Labute approximate surface area is 103 Å². The second-order valence-corrected chi connectivity index (χ2v) is 6.90. The van der Waals surface area contributed by atoms with E-state index in [-0.39, 0.29) is 6.61 Å². The van der Waals surface area contributed by atoms with Crippen LogP contribution in [0.2, 0.25) is 0 Å². The average Bonchev–Trinajstić information content (AvgIpc) is 2.08. The maximum Gasteiger partial charge on any atom is 0.416 e. The minimum Gasteiger partial charge on any atom is -0.591 e. The minimum atomic E-state index is -4.44. The van der Waals surface area contributed by atoms with E-state index in [1.165, 1.54) is 0 Å². The van der Waals surface area contributed by atoms with Crippen LogP contribution in [0.3, 0.4) is 0 Å². The lowest BCUT2D eigenvalue weighted by Crippen LogP contribution is -2.42. The molecule has 0 radical (unpaired) electrons. The standard InChI is InChI=1S/C10H18F3NO2S/c1-8(2,3)17(15)14-6-7-16-9(4,5)10(11,12)13/h6H,7H2,1-5H3/b14-6+. The number of hydrogen-bond acceptors (Lipinski definition) is 3. The van der Waals surface area contributed by atoms with E-state index >= 15 is 0 Å². The lowest BCUT2D eigenvalue weighted by molar-refractivity contribution is -0.258. The summed E-state index contributed by atoms with van der Waals surface area (Å²) in [4.78, 5) is 0. The zero-order chi connectivity index (χ0) is 13.9. The Balaban J connectivity index is 4.22. The number of nitrogens with zero attached hydrogens (tertiary/aromatic N) is 1. The highest BCUT2D eigenvalue weighted by Gasteiger charge is 2.48. The quantitative estimate of drug-likeness (QED) is 0.584. The summed E-state index contributed by atoms with van der Waals surface area (Å²) >= 11 is -1.48. The highest BCUT2D eigenvalue weighted by atomic mass is 32.2. The maximum atomic E-state index is 12.4. The molecule has 0 aromatic carbocycles. The number of halogens is 3. The molecular weight excluding hydrogens is 255 g/mol. The smallest absolute Gasteiger partial charge is 0.416 e. The summed E-state index contributed by atoms with van der Waals surface area (Å²) < 4.78 is 56.3. The van der Waals surface area contributed by atoms with Gasteiger partial charge in [-0.2, -0.15) is 13.2 Å². The van der Waals surface area contributed by atoms with Crippen LogP contribution in [0.15, 0.2) is 4.40 Å². The van der Waals surface area contributed by atoms with E-state index in [4.69, 9.17) is 0 Å². The van der Waals surface area contributed by atoms with Gasteiger partial charge in [0, 0.05) is 0 Å². The van der Waals surface area contributed by atoms with Crippen molar-refractivity contribution in [1.82, 2.24) is 0 Å². The molecule has 0 saturated heterocycles. The highest BCUT2D eigenvalue weighted by molar-refractivity contribution is 7.91. The molecule has 0 amide bonds. The van der Waals surface area contributed by atoms with Crippen LogP contribution in [0, 0.1) is 0 Å². The molecule has 0 rings (SSSR count). The molecule has 102 valence electrons. The third-order valence-corrected chi connectivity index (χ3v) is 3.28. The van der Waals surface area contributed by atoms with Crippen molar-refractivity contribution >= 4 is 17.6 Å². The van der Waals surface area contributed by atoms with Gasteiger partial charge in [0.25, 0.3) is 0 Å². The highest BCUT2D eigenvalue weighted by Crippen LogP contribution is 2.32. The minimum absolute atomic E-state index is 0.325. The van der Waals surface area contributed by atoms with Gasteiger partial charge in [-0.15, -0.1) is 0 Å². The van der Waals surface area contributed by atoms with Crippen LogP contribution in [0.4, 0.5) is 13.2 Å². The molecule has 0 aromatic rings. The van der Waals surface area contributed by atoms with Crippen LogP contribution in [0.5, 0.6) is 0 Å². The van der Waals surface area contributed by atoms with Crippen molar-refractivity contribution in [3.8, 4) is 0 Å². The van der Waals surface area contributed by atoms with E-state index in [0.717, 1.165) is 20.1 Å². The summed E-state index contributed by atoms with van der Waals surface area (Å²) in [6.07, 6.45) is -3.33. The lowest BCUT2D eigenvalue weighted by atomic mass is 10.1. The molecule has 0 aliphatic heterocycles. The van der Waals surface area contributed by atoms with Crippen LogP contribution in [-0.4, -0.2) is 33.9 Å². The van der Waals surface area contributed by atoms with Gasteiger partial charge >= 0.3 is 6.18 Å². The molecule has 0 bridgehead atoms. The first-order valence-electron chi connectivity index (χ1n) is 5.03. The molecule has 0 aliphatic carbocycles. The summed E-state index contributed by atoms with van der Waals surface area (Å²) in [6, 6.07) is 0. The largest absolute Gasteiger partial charge is 0.591 e. The molecule has 17 heavy (non-hydrogen) atoms. The predicted molar refractivity (Wildman–Crippen MR) is 62.5 cm³/mol. The fraction of sp³-hybridized carbons (Fsp3) is 0.900. The number of alkyl halides is 3. The number of ether oxygens (including phenoxy) is 1. The van der Waals surface area contributed by atoms with Crippen LogP contribution in [-0.2, 0) is 16.1 Å². The van der Waals surface area contributed by atoms with Gasteiger partial charge in [-0.25, -0.2) is 0 Å². The molecule has 0 N–H and O–H groups in total. The van der Waals surface area contributed by atoms with Crippen molar-refractivity contribution in [2.24, 2.45) is 4.40 Å². The molecule has 1 unspecified atom stereocenters. The Morgan fingerprint density at radius 3 is 2.00 bits per heavy atom. The molecule has 0 aliphatic rings. The number of hydrogen-bond donors (Lipinski definition) is 0. The fourth-order valence-corrected chi connectivity index (χ4v) is 1.10. The third-order valence-electron chi connectivity index (χ3n) is 1.90. The van der Waals surface area contributed by atoms with Crippen molar-refractivity contribution in [3.63, 3.8) is 0 Å². The van der Waals surface area contributed by atoms with E-state index in [9.17, 15) is 17.7 Å². The Hall–Kier alpha value is -0.270. The van der Waals surface area contributed by atoms with Gasteiger partial charge < -0.3 is 9.29 Å². The molecular formula is C10H18F3NO2S. The third kappa shape index (κ3) is 5.74. The molecule has 0 heterocycles. The topological polar surface area (TPSA) is 44.7 Å². The SMILES string of the molecule is CC(C)(C)[S+]([O-])/N=C/COC(C)(C)C(F)(F)F. The van der Waals surface area contributed by atoms with Gasteiger partial charge in [-0.3, -0.25) is 0 Å². The van der Waals surface area contributed by atoms with Crippen molar-refractivity contribution in [3.05, 3.63) is 0 Å². The maximum absolute atomic E-state index is 12.4. The predicted octanol–water partition coefficient (Wildman–Crippen LogP) is 2.88. The second-order valence-electron chi connectivity index (χ2n) is 4.97. The Bertz CT molecular complexity index is 272. The molecule has 0 spiro atoms. The summed E-state index contributed by atoms with van der Waals surface area (Å²) in [6.45, 7) is 6.71. The van der Waals surface area contributed by atoms with E-state index in [1.807, 2.05) is 0 Å². The van der Waals surface area contributed by atoms with E-state index in [1.54, 1.807) is 20.8 Å². The summed E-state index contributed by atoms with van der Waals surface area (Å²) in [5.41, 5.74) is -2.23. The Morgan fingerprint density at radius 1 is 1.18 bits per heavy atom. The lowest BCUT2D eigenvalue weighted by Gasteiger charge is -2.27. The first-order chi connectivity index (χ1) is 7.38. The van der Waals surface area contributed by atoms with Crippen LogP contribution in [0.1, 0.15) is 34.6 Å². The zero-order valence-corrected chi connectivity index (χ0v) is 11.4. The molecule has 0 fully saturated rings. The van der Waals surface area contributed by atoms with Crippen molar-refractivity contribution < 1.29 is 22.5 Å². The van der Waals surface area contributed by atoms with Gasteiger partial charge in [0.05, 0.1) is 12.8 Å². The monoisotopic (exact) mass is 273 g/mol. The Morgan fingerprint density at radius 2 is 1.65 bits per heavy atom. The average molecular weight is 273 g/mol. The molecule has 7 heteroatoms. The van der Waals surface area contributed by atoms with Crippen molar-refractivity contribution in [1.29, 1.82) is 0 Å². The summed E-state index contributed by atoms with van der Waals surface area (Å²) in [5.74, 6) is 0. The van der Waals surface area contributed by atoms with E-state index in [2.05, 4.69) is 9.13 Å². The van der Waals surface area contributed by atoms with Gasteiger partial charge in [0.2, 0.25) is 0 Å². The molecule has 0 aromatic heterocycles. The summed E-state index contributed by atoms with van der Waals surface area (Å²) in [7, 11) is 0. The second kappa shape index (κ2) is 5.58. The van der Waals surface area contributed by atoms with Gasteiger partial charge in [-0.1, -0.05) is 4.40 Å². The van der Waals surface area contributed by atoms with Gasteiger partial charge in [-0.05, 0) is 34.6 Å². The van der Waals surface area contributed by atoms with Crippen molar-refractivity contribution in [2.75, 3.05) is 6.61 Å². The first kappa shape index (κ1) is 16.7. The first-order valence-corrected chi connectivity index (χ1v) is 6.14.